The van der Waals surface area contributed by atoms with Gasteiger partial charge in [-0.2, -0.15) is 5.10 Å². The van der Waals surface area contributed by atoms with Crippen LogP contribution in [0.2, 0.25) is 0 Å². The second kappa shape index (κ2) is 7.35. The monoisotopic (exact) mass is 339 g/mol. The lowest BCUT2D eigenvalue weighted by Crippen LogP contribution is -2.41. The number of carbonyl (C=O) groups excluding carboxylic acids is 1. The van der Waals surface area contributed by atoms with Crippen molar-refractivity contribution < 1.29 is 4.79 Å². The van der Waals surface area contributed by atoms with Crippen LogP contribution in [0.3, 0.4) is 0 Å². The molecule has 4 rings (SSSR count). The van der Waals surface area contributed by atoms with Crippen LogP contribution in [0, 0.1) is 0 Å². The molecule has 2 aromatic heterocycles. The number of hydrogen-bond acceptors (Lipinski definition) is 4. The quantitative estimate of drug-likeness (QED) is 0.894. The summed E-state index contributed by atoms with van der Waals surface area (Å²) in [5, 5.41) is 10.9. The number of pyridine rings is 1. The SMILES string of the molecule is O=C(c1n[nH]c2c1CCC2)N(Cc1ccccn1)[C@H]1CCCNCC1. The van der Waals surface area contributed by atoms with Crippen LogP contribution in [0.5, 0.6) is 0 Å². The Morgan fingerprint density at radius 1 is 1.20 bits per heavy atom. The van der Waals surface area contributed by atoms with Crippen LogP contribution in [0.25, 0.3) is 0 Å². The standard InChI is InChI=1S/C19H25N5O/c25-19(18-16-7-3-8-17(16)22-23-18)24(13-14-5-1-2-11-21-14)15-6-4-10-20-12-9-15/h1-2,5,11,15,20H,3-4,6-10,12-13H2,(H,22,23)/t15-/m0/s1. The van der Waals surface area contributed by atoms with Gasteiger partial charge in [0.2, 0.25) is 0 Å². The second-order valence-electron chi connectivity index (χ2n) is 6.97. The first-order chi connectivity index (χ1) is 12.3. The number of rotatable bonds is 4. The lowest BCUT2D eigenvalue weighted by molar-refractivity contribution is 0.0635. The number of nitrogens with zero attached hydrogens (tertiary/aromatic N) is 3. The van der Waals surface area contributed by atoms with Crippen molar-refractivity contribution in [1.29, 1.82) is 0 Å². The van der Waals surface area contributed by atoms with Crippen molar-refractivity contribution in [2.75, 3.05) is 13.1 Å². The molecule has 2 N–H and O–H groups in total. The number of aromatic amines is 1. The Labute approximate surface area is 148 Å². The molecule has 6 nitrogen and oxygen atoms in total. The number of fused-ring (bicyclic) bond motifs is 1. The highest BCUT2D eigenvalue weighted by Crippen LogP contribution is 2.26. The normalized spacial score (nSPS) is 20.1. The number of hydrogen-bond donors (Lipinski definition) is 2. The van der Waals surface area contributed by atoms with E-state index >= 15 is 0 Å². The van der Waals surface area contributed by atoms with E-state index in [0.717, 1.165) is 68.6 Å². The smallest absolute Gasteiger partial charge is 0.275 e. The van der Waals surface area contributed by atoms with Crippen molar-refractivity contribution in [2.45, 2.75) is 51.1 Å². The molecule has 0 bridgehead atoms. The van der Waals surface area contributed by atoms with Crippen molar-refractivity contribution in [3.8, 4) is 0 Å². The van der Waals surface area contributed by atoms with Gasteiger partial charge >= 0.3 is 0 Å². The van der Waals surface area contributed by atoms with Gasteiger partial charge in [0.25, 0.3) is 5.91 Å². The van der Waals surface area contributed by atoms with E-state index in [-0.39, 0.29) is 11.9 Å². The van der Waals surface area contributed by atoms with E-state index in [2.05, 4.69) is 20.5 Å². The van der Waals surface area contributed by atoms with Gasteiger partial charge in [0, 0.05) is 23.5 Å². The number of aromatic nitrogens is 3. The van der Waals surface area contributed by atoms with Crippen LogP contribution in [-0.2, 0) is 19.4 Å². The van der Waals surface area contributed by atoms with Gasteiger partial charge in [-0.05, 0) is 63.7 Å². The molecule has 1 amide bonds. The Balaban J connectivity index is 1.62. The van der Waals surface area contributed by atoms with Gasteiger partial charge < -0.3 is 10.2 Å². The number of aryl methyl sites for hydroxylation is 1. The summed E-state index contributed by atoms with van der Waals surface area (Å²) >= 11 is 0. The van der Waals surface area contributed by atoms with Crippen LogP contribution in [-0.4, -0.2) is 45.1 Å². The van der Waals surface area contributed by atoms with E-state index in [1.165, 1.54) is 0 Å². The van der Waals surface area contributed by atoms with Gasteiger partial charge in [0.1, 0.15) is 0 Å². The molecule has 0 saturated carbocycles. The number of amides is 1. The van der Waals surface area contributed by atoms with Crippen molar-refractivity contribution in [2.24, 2.45) is 0 Å². The molecule has 25 heavy (non-hydrogen) atoms. The predicted octanol–water partition coefficient (Wildman–Crippen LogP) is 2.08. The highest BCUT2D eigenvalue weighted by molar-refractivity contribution is 5.94. The summed E-state index contributed by atoms with van der Waals surface area (Å²) < 4.78 is 0. The molecule has 1 atom stereocenters. The lowest BCUT2D eigenvalue weighted by Gasteiger charge is -2.30. The fraction of sp³-hybridized carbons (Fsp3) is 0.526. The molecular weight excluding hydrogens is 314 g/mol. The minimum absolute atomic E-state index is 0.0527. The van der Waals surface area contributed by atoms with E-state index in [0.29, 0.717) is 12.2 Å². The summed E-state index contributed by atoms with van der Waals surface area (Å²) in [5.74, 6) is 0.0527. The highest BCUT2D eigenvalue weighted by atomic mass is 16.2. The van der Waals surface area contributed by atoms with Crippen LogP contribution in [0.4, 0.5) is 0 Å². The Hall–Kier alpha value is -2.21. The minimum Gasteiger partial charge on any atom is -0.328 e. The number of nitrogens with one attached hydrogen (secondary N) is 2. The molecule has 1 fully saturated rings. The molecular formula is C19H25N5O. The highest BCUT2D eigenvalue weighted by Gasteiger charge is 2.31. The summed E-state index contributed by atoms with van der Waals surface area (Å²) in [6, 6.07) is 6.11. The van der Waals surface area contributed by atoms with Gasteiger partial charge in [-0.25, -0.2) is 0 Å². The number of carbonyl (C=O) groups is 1. The Morgan fingerprint density at radius 3 is 3.04 bits per heavy atom. The molecule has 1 saturated heterocycles. The molecule has 0 aromatic carbocycles. The first kappa shape index (κ1) is 16.3. The largest absolute Gasteiger partial charge is 0.328 e. The van der Waals surface area contributed by atoms with Crippen LogP contribution in [0.15, 0.2) is 24.4 Å². The molecule has 0 radical (unpaired) electrons. The predicted molar refractivity (Wildman–Crippen MR) is 95.2 cm³/mol. The van der Waals surface area contributed by atoms with Crippen LogP contribution < -0.4 is 5.32 Å². The van der Waals surface area contributed by atoms with E-state index < -0.39 is 0 Å². The third kappa shape index (κ3) is 3.44. The van der Waals surface area contributed by atoms with Crippen molar-refractivity contribution in [1.82, 2.24) is 25.4 Å². The van der Waals surface area contributed by atoms with Gasteiger partial charge in [-0.3, -0.25) is 14.9 Å². The molecule has 1 aliphatic carbocycles. The molecule has 6 heteroatoms. The Bertz CT molecular complexity index is 719. The van der Waals surface area contributed by atoms with E-state index in [1.54, 1.807) is 6.20 Å². The first-order valence-electron chi connectivity index (χ1n) is 9.30. The Kier molecular flexibility index (Phi) is 4.78. The fourth-order valence-electron chi connectivity index (χ4n) is 3.98. The van der Waals surface area contributed by atoms with Crippen LogP contribution >= 0.6 is 0 Å². The zero-order valence-electron chi connectivity index (χ0n) is 14.5. The van der Waals surface area contributed by atoms with Crippen molar-refractivity contribution in [3.63, 3.8) is 0 Å². The molecule has 132 valence electrons. The maximum atomic E-state index is 13.4. The maximum absolute atomic E-state index is 13.4. The van der Waals surface area contributed by atoms with E-state index in [1.807, 2.05) is 23.1 Å². The third-order valence-corrected chi connectivity index (χ3v) is 5.31. The fourth-order valence-corrected chi connectivity index (χ4v) is 3.98. The zero-order chi connectivity index (χ0) is 17.1. The first-order valence-corrected chi connectivity index (χ1v) is 9.30. The Morgan fingerprint density at radius 2 is 2.16 bits per heavy atom. The van der Waals surface area contributed by atoms with Gasteiger partial charge in [0.15, 0.2) is 5.69 Å². The summed E-state index contributed by atoms with van der Waals surface area (Å²) in [7, 11) is 0. The molecule has 2 aromatic rings. The zero-order valence-corrected chi connectivity index (χ0v) is 14.5. The average Bonchev–Trinajstić information content (AvgIpc) is 3.15. The summed E-state index contributed by atoms with van der Waals surface area (Å²) in [5.41, 5.74) is 3.83. The molecule has 0 spiro atoms. The van der Waals surface area contributed by atoms with Crippen LogP contribution in [0.1, 0.15) is 53.1 Å². The second-order valence-corrected chi connectivity index (χ2v) is 6.97. The molecule has 3 heterocycles. The average molecular weight is 339 g/mol. The molecule has 0 unspecified atom stereocenters. The maximum Gasteiger partial charge on any atom is 0.275 e. The minimum atomic E-state index is 0.0527. The summed E-state index contributed by atoms with van der Waals surface area (Å²) in [6.45, 7) is 2.53. The van der Waals surface area contributed by atoms with Crippen molar-refractivity contribution >= 4 is 5.91 Å². The van der Waals surface area contributed by atoms with Gasteiger partial charge in [0.05, 0.1) is 12.2 Å². The van der Waals surface area contributed by atoms with Crippen molar-refractivity contribution in [3.05, 3.63) is 47.0 Å². The van der Waals surface area contributed by atoms with Gasteiger partial charge in [-0.1, -0.05) is 6.07 Å². The topological polar surface area (TPSA) is 73.9 Å². The summed E-state index contributed by atoms with van der Waals surface area (Å²) in [6.07, 6.45) is 7.95. The number of H-pyrrole nitrogens is 1. The third-order valence-electron chi connectivity index (χ3n) is 5.31. The lowest BCUT2D eigenvalue weighted by atomic mass is 10.1. The van der Waals surface area contributed by atoms with E-state index in [9.17, 15) is 4.79 Å². The van der Waals surface area contributed by atoms with E-state index in [4.69, 9.17) is 0 Å². The van der Waals surface area contributed by atoms with Gasteiger partial charge in [-0.15, -0.1) is 0 Å². The molecule has 1 aliphatic heterocycles. The molecule has 2 aliphatic rings. The summed E-state index contributed by atoms with van der Waals surface area (Å²) in [4.78, 5) is 19.8.